The van der Waals surface area contributed by atoms with Gasteiger partial charge in [0.1, 0.15) is 5.65 Å². The molecule has 2 aromatic heterocycles. The van der Waals surface area contributed by atoms with Crippen LogP contribution in [0.25, 0.3) is 22.7 Å². The molecule has 0 bridgehead atoms. The van der Waals surface area contributed by atoms with E-state index in [1.165, 1.54) is 6.92 Å². The van der Waals surface area contributed by atoms with Crippen LogP contribution in [0.5, 0.6) is 0 Å². The monoisotopic (exact) mass is 321 g/mol. The maximum atomic E-state index is 11.7. The van der Waals surface area contributed by atoms with Gasteiger partial charge >= 0.3 is 5.97 Å². The van der Waals surface area contributed by atoms with E-state index in [4.69, 9.17) is 0 Å². The van der Waals surface area contributed by atoms with Crippen molar-refractivity contribution in [3.05, 3.63) is 59.9 Å². The van der Waals surface area contributed by atoms with Crippen molar-refractivity contribution in [1.29, 1.82) is 0 Å². The number of aromatic nitrogens is 2. The molecule has 6 heteroatoms. The summed E-state index contributed by atoms with van der Waals surface area (Å²) in [5.74, 6) is -1.21. The molecule has 0 atom stereocenters. The fourth-order valence-electron chi connectivity index (χ4n) is 2.46. The number of amides is 1. The first-order chi connectivity index (χ1) is 11.5. The lowest BCUT2D eigenvalue weighted by molar-refractivity contribution is -0.130. The SMILES string of the molecule is CC(=O)Nc1ccc(/C(=C/c2c[nH]c3ncccc23)C(=O)O)cc1. The smallest absolute Gasteiger partial charge is 0.336 e. The zero-order valence-electron chi connectivity index (χ0n) is 12.9. The van der Waals surface area contributed by atoms with E-state index < -0.39 is 5.97 Å². The maximum Gasteiger partial charge on any atom is 0.336 e. The zero-order chi connectivity index (χ0) is 17.1. The summed E-state index contributed by atoms with van der Waals surface area (Å²) in [6.07, 6.45) is 5.01. The number of H-pyrrole nitrogens is 1. The van der Waals surface area contributed by atoms with E-state index in [2.05, 4.69) is 15.3 Å². The van der Waals surface area contributed by atoms with Crippen molar-refractivity contribution < 1.29 is 14.7 Å². The number of aromatic amines is 1. The fourth-order valence-corrected chi connectivity index (χ4v) is 2.46. The maximum absolute atomic E-state index is 11.7. The molecule has 0 fully saturated rings. The van der Waals surface area contributed by atoms with Gasteiger partial charge in [-0.25, -0.2) is 9.78 Å². The largest absolute Gasteiger partial charge is 0.478 e. The minimum Gasteiger partial charge on any atom is -0.478 e. The van der Waals surface area contributed by atoms with Crippen LogP contribution in [-0.4, -0.2) is 27.0 Å². The molecule has 24 heavy (non-hydrogen) atoms. The third-order valence-electron chi connectivity index (χ3n) is 3.53. The Morgan fingerprint density at radius 3 is 2.62 bits per heavy atom. The number of carboxylic acid groups (broad SMARTS) is 1. The standard InChI is InChI=1S/C18H15N3O3/c1-11(22)21-14-6-4-12(5-7-14)16(18(23)24)9-13-10-20-17-15(13)3-2-8-19-17/h2-10H,1H3,(H,19,20)(H,21,22)(H,23,24)/b16-9-. The summed E-state index contributed by atoms with van der Waals surface area (Å²) in [6, 6.07) is 10.4. The predicted molar refractivity (Wildman–Crippen MR) is 92.3 cm³/mol. The second kappa shape index (κ2) is 6.37. The number of hydrogen-bond acceptors (Lipinski definition) is 3. The van der Waals surface area contributed by atoms with Crippen LogP contribution in [0.2, 0.25) is 0 Å². The number of hydrogen-bond donors (Lipinski definition) is 3. The van der Waals surface area contributed by atoms with E-state index in [-0.39, 0.29) is 11.5 Å². The normalized spacial score (nSPS) is 11.5. The van der Waals surface area contributed by atoms with Crippen LogP contribution in [0.1, 0.15) is 18.1 Å². The Morgan fingerprint density at radius 1 is 1.21 bits per heavy atom. The molecule has 1 aromatic carbocycles. The van der Waals surface area contributed by atoms with Gasteiger partial charge < -0.3 is 15.4 Å². The van der Waals surface area contributed by atoms with Crippen molar-refractivity contribution in [2.24, 2.45) is 0 Å². The topological polar surface area (TPSA) is 95.1 Å². The number of carbonyl (C=O) groups excluding carboxylic acids is 1. The second-order valence-corrected chi connectivity index (χ2v) is 5.27. The Kier molecular flexibility index (Phi) is 4.11. The Balaban J connectivity index is 2.01. The van der Waals surface area contributed by atoms with Gasteiger partial charge in [-0.1, -0.05) is 12.1 Å². The molecular formula is C18H15N3O3. The molecular weight excluding hydrogens is 306 g/mol. The summed E-state index contributed by atoms with van der Waals surface area (Å²) >= 11 is 0. The van der Waals surface area contributed by atoms with Gasteiger partial charge in [0, 0.05) is 36.0 Å². The van der Waals surface area contributed by atoms with Crippen LogP contribution in [0.3, 0.4) is 0 Å². The van der Waals surface area contributed by atoms with Crippen LogP contribution in [-0.2, 0) is 9.59 Å². The number of anilines is 1. The summed E-state index contributed by atoms with van der Waals surface area (Å²) in [4.78, 5) is 29.9. The lowest BCUT2D eigenvalue weighted by Gasteiger charge is -2.06. The number of carboxylic acids is 1. The van der Waals surface area contributed by atoms with Crippen molar-refractivity contribution >= 4 is 40.2 Å². The molecule has 3 N–H and O–H groups in total. The van der Waals surface area contributed by atoms with Crippen LogP contribution < -0.4 is 5.32 Å². The number of pyridine rings is 1. The minimum absolute atomic E-state index is 0.161. The van der Waals surface area contributed by atoms with Gasteiger partial charge in [-0.3, -0.25) is 4.79 Å². The van der Waals surface area contributed by atoms with Gasteiger partial charge in [0.05, 0.1) is 5.57 Å². The summed E-state index contributed by atoms with van der Waals surface area (Å²) in [5.41, 5.74) is 2.78. The van der Waals surface area contributed by atoms with Crippen molar-refractivity contribution in [2.75, 3.05) is 5.32 Å². The zero-order valence-corrected chi connectivity index (χ0v) is 12.9. The minimum atomic E-state index is -1.03. The Morgan fingerprint density at radius 2 is 1.96 bits per heavy atom. The average Bonchev–Trinajstić information content (AvgIpc) is 2.96. The van der Waals surface area contributed by atoms with E-state index in [1.807, 2.05) is 6.07 Å². The summed E-state index contributed by atoms with van der Waals surface area (Å²) < 4.78 is 0. The van der Waals surface area contributed by atoms with Crippen LogP contribution in [0, 0.1) is 0 Å². The van der Waals surface area contributed by atoms with Gasteiger partial charge in [-0.05, 0) is 35.9 Å². The first-order valence-electron chi connectivity index (χ1n) is 7.30. The molecule has 1 amide bonds. The van der Waals surface area contributed by atoms with Crippen LogP contribution >= 0.6 is 0 Å². The van der Waals surface area contributed by atoms with E-state index >= 15 is 0 Å². The Hall–Kier alpha value is -3.41. The molecule has 0 spiro atoms. The van der Waals surface area contributed by atoms with Crippen molar-refractivity contribution in [2.45, 2.75) is 6.92 Å². The highest BCUT2D eigenvalue weighted by molar-refractivity contribution is 6.21. The Labute approximate surface area is 137 Å². The summed E-state index contributed by atoms with van der Waals surface area (Å²) in [6.45, 7) is 1.42. The van der Waals surface area contributed by atoms with E-state index in [0.29, 0.717) is 16.9 Å². The molecule has 0 saturated heterocycles. The first-order valence-corrected chi connectivity index (χ1v) is 7.30. The van der Waals surface area contributed by atoms with Crippen molar-refractivity contribution in [1.82, 2.24) is 9.97 Å². The van der Waals surface area contributed by atoms with Gasteiger partial charge in [0.15, 0.2) is 0 Å². The van der Waals surface area contributed by atoms with E-state index in [0.717, 1.165) is 10.9 Å². The van der Waals surface area contributed by atoms with Crippen LogP contribution in [0.15, 0.2) is 48.8 Å². The van der Waals surface area contributed by atoms with Crippen molar-refractivity contribution in [3.8, 4) is 0 Å². The molecule has 6 nitrogen and oxygen atoms in total. The van der Waals surface area contributed by atoms with Gasteiger partial charge in [0.2, 0.25) is 5.91 Å². The molecule has 0 aliphatic carbocycles. The van der Waals surface area contributed by atoms with E-state index in [1.54, 1.807) is 48.8 Å². The number of rotatable bonds is 4. The van der Waals surface area contributed by atoms with Gasteiger partial charge in [-0.15, -0.1) is 0 Å². The Bertz CT molecular complexity index is 940. The third kappa shape index (κ3) is 3.17. The number of nitrogens with one attached hydrogen (secondary N) is 2. The fraction of sp³-hybridized carbons (Fsp3) is 0.0556. The van der Waals surface area contributed by atoms with E-state index in [9.17, 15) is 14.7 Å². The molecule has 120 valence electrons. The summed E-state index contributed by atoms with van der Waals surface area (Å²) in [5, 5.41) is 13.1. The molecule has 0 radical (unpaired) electrons. The quantitative estimate of drug-likeness (QED) is 0.643. The highest BCUT2D eigenvalue weighted by Crippen LogP contribution is 2.24. The number of nitrogens with zero attached hydrogens (tertiary/aromatic N) is 1. The molecule has 0 aliphatic heterocycles. The average molecular weight is 321 g/mol. The third-order valence-corrected chi connectivity index (χ3v) is 3.53. The first kappa shape index (κ1) is 15.5. The lowest BCUT2D eigenvalue weighted by atomic mass is 10.0. The second-order valence-electron chi connectivity index (χ2n) is 5.27. The molecule has 0 unspecified atom stereocenters. The molecule has 0 aliphatic rings. The van der Waals surface area contributed by atoms with Gasteiger partial charge in [0.25, 0.3) is 0 Å². The number of carbonyl (C=O) groups is 2. The number of benzene rings is 1. The predicted octanol–water partition coefficient (Wildman–Crippen LogP) is 3.15. The highest BCUT2D eigenvalue weighted by Gasteiger charge is 2.12. The molecule has 0 saturated carbocycles. The van der Waals surface area contributed by atoms with Gasteiger partial charge in [-0.2, -0.15) is 0 Å². The highest BCUT2D eigenvalue weighted by atomic mass is 16.4. The summed E-state index contributed by atoms with van der Waals surface area (Å²) in [7, 11) is 0. The number of fused-ring (bicyclic) bond motifs is 1. The molecule has 3 aromatic rings. The lowest BCUT2D eigenvalue weighted by Crippen LogP contribution is -2.06. The number of aliphatic carboxylic acids is 1. The molecule has 2 heterocycles. The van der Waals surface area contributed by atoms with Crippen LogP contribution in [0.4, 0.5) is 5.69 Å². The van der Waals surface area contributed by atoms with Crippen molar-refractivity contribution in [3.63, 3.8) is 0 Å². The molecule has 3 rings (SSSR count).